The van der Waals surface area contributed by atoms with E-state index in [4.69, 9.17) is 0 Å². The number of aromatic amines is 1. The Kier molecular flexibility index (Phi) is 6.01. The Balaban J connectivity index is 1.51. The van der Waals surface area contributed by atoms with Crippen LogP contribution in [0.2, 0.25) is 0 Å². The van der Waals surface area contributed by atoms with Gasteiger partial charge in [-0.1, -0.05) is 12.1 Å². The molecule has 174 valence electrons. The summed E-state index contributed by atoms with van der Waals surface area (Å²) in [5.41, 5.74) is 4.36. The average molecular weight is 468 g/mol. The van der Waals surface area contributed by atoms with Crippen molar-refractivity contribution in [3.8, 4) is 22.4 Å². The topological polar surface area (TPSA) is 101 Å². The zero-order valence-electron chi connectivity index (χ0n) is 19.0. The lowest BCUT2D eigenvalue weighted by Gasteiger charge is -2.08. The van der Waals surface area contributed by atoms with E-state index in [2.05, 4.69) is 25.3 Å². The largest absolute Gasteiger partial charge is 0.352 e. The summed E-state index contributed by atoms with van der Waals surface area (Å²) in [6, 6.07) is 12.4. The second-order valence-electron chi connectivity index (χ2n) is 8.33. The van der Waals surface area contributed by atoms with Crippen molar-refractivity contribution in [3.63, 3.8) is 0 Å². The number of halogens is 1. The quantitative estimate of drug-likeness (QED) is 0.325. The minimum atomic E-state index is -0.459. The van der Waals surface area contributed by atoms with Gasteiger partial charge in [0.05, 0.1) is 23.6 Å². The van der Waals surface area contributed by atoms with Crippen LogP contribution in [0.4, 0.5) is 4.39 Å². The zero-order valence-corrected chi connectivity index (χ0v) is 19.0. The standard InChI is InChI=1S/C27H22FN5O2/c1-16(34)4-2-11-30-27(35)18-8-6-17(7-9-18)24-21(28)14-32-26-25(24)20-12-22(31-15-23(20)33-26)19-5-3-10-29-13-19/h3,5-10,12-15H,2,4,11H2,1H3,(H,30,35)(H,32,33). The maximum Gasteiger partial charge on any atom is 0.251 e. The molecule has 5 aromatic rings. The molecule has 0 saturated heterocycles. The number of amides is 1. The highest BCUT2D eigenvalue weighted by atomic mass is 19.1. The molecule has 5 rings (SSSR count). The van der Waals surface area contributed by atoms with Crippen LogP contribution in [0.15, 0.2) is 67.3 Å². The Morgan fingerprint density at radius 2 is 1.86 bits per heavy atom. The van der Waals surface area contributed by atoms with Crippen LogP contribution in [0.25, 0.3) is 44.3 Å². The molecular weight excluding hydrogens is 445 g/mol. The maximum absolute atomic E-state index is 15.2. The number of carbonyl (C=O) groups is 2. The molecule has 0 radical (unpaired) electrons. The fraction of sp³-hybridized carbons (Fsp3) is 0.148. The highest BCUT2D eigenvalue weighted by Gasteiger charge is 2.18. The number of hydrogen-bond donors (Lipinski definition) is 2. The Morgan fingerprint density at radius 1 is 1.03 bits per heavy atom. The summed E-state index contributed by atoms with van der Waals surface area (Å²) >= 11 is 0. The molecule has 0 aliphatic carbocycles. The molecule has 0 unspecified atom stereocenters. The summed E-state index contributed by atoms with van der Waals surface area (Å²) in [5.74, 6) is -0.603. The van der Waals surface area contributed by atoms with Gasteiger partial charge >= 0.3 is 0 Å². The number of rotatable bonds is 7. The highest BCUT2D eigenvalue weighted by Crippen LogP contribution is 2.36. The van der Waals surface area contributed by atoms with Crippen LogP contribution in [0.3, 0.4) is 0 Å². The van der Waals surface area contributed by atoms with Gasteiger partial charge in [-0.3, -0.25) is 14.8 Å². The summed E-state index contributed by atoms with van der Waals surface area (Å²) < 4.78 is 15.2. The average Bonchev–Trinajstić information content (AvgIpc) is 3.25. The molecule has 0 saturated carbocycles. The third kappa shape index (κ3) is 4.50. The number of aromatic nitrogens is 4. The first-order chi connectivity index (χ1) is 17.0. The Hall–Kier alpha value is -4.46. The van der Waals surface area contributed by atoms with Gasteiger partial charge in [0.1, 0.15) is 17.2 Å². The Morgan fingerprint density at radius 3 is 2.60 bits per heavy atom. The van der Waals surface area contributed by atoms with E-state index in [-0.39, 0.29) is 11.7 Å². The molecule has 1 aromatic carbocycles. The lowest BCUT2D eigenvalue weighted by Crippen LogP contribution is -2.24. The predicted molar refractivity (Wildman–Crippen MR) is 132 cm³/mol. The summed E-state index contributed by atoms with van der Waals surface area (Å²) in [4.78, 5) is 39.6. The van der Waals surface area contributed by atoms with E-state index >= 15 is 4.39 Å². The normalized spacial score (nSPS) is 11.1. The number of carbonyl (C=O) groups excluding carboxylic acids is 2. The van der Waals surface area contributed by atoms with Gasteiger partial charge in [0.25, 0.3) is 5.91 Å². The van der Waals surface area contributed by atoms with Gasteiger partial charge in [-0.05, 0) is 49.2 Å². The third-order valence-corrected chi connectivity index (χ3v) is 5.84. The lowest BCUT2D eigenvalue weighted by atomic mass is 9.99. The zero-order chi connectivity index (χ0) is 24.4. The van der Waals surface area contributed by atoms with Crippen LogP contribution in [0, 0.1) is 5.82 Å². The summed E-state index contributed by atoms with van der Waals surface area (Å²) in [6.45, 7) is 1.95. The van der Waals surface area contributed by atoms with Crippen molar-refractivity contribution in [1.29, 1.82) is 0 Å². The van der Waals surface area contributed by atoms with E-state index in [9.17, 15) is 9.59 Å². The number of H-pyrrole nitrogens is 1. The molecular formula is C27H22FN5O2. The molecule has 0 aliphatic heterocycles. The van der Waals surface area contributed by atoms with Crippen molar-refractivity contribution < 1.29 is 14.0 Å². The second-order valence-corrected chi connectivity index (χ2v) is 8.33. The minimum absolute atomic E-state index is 0.0925. The third-order valence-electron chi connectivity index (χ3n) is 5.84. The SMILES string of the molecule is CC(=O)CCCNC(=O)c1ccc(-c2c(F)cnc3[nH]c4cnc(-c5cccnc5)cc4c23)cc1. The Labute approximate surface area is 200 Å². The first-order valence-corrected chi connectivity index (χ1v) is 11.3. The van der Waals surface area contributed by atoms with Gasteiger partial charge in [-0.25, -0.2) is 9.37 Å². The lowest BCUT2D eigenvalue weighted by molar-refractivity contribution is -0.117. The molecule has 0 fully saturated rings. The first-order valence-electron chi connectivity index (χ1n) is 11.3. The molecule has 0 spiro atoms. The number of benzene rings is 1. The van der Waals surface area contributed by atoms with Crippen molar-refractivity contribution >= 4 is 33.6 Å². The van der Waals surface area contributed by atoms with Crippen molar-refractivity contribution in [2.75, 3.05) is 6.54 Å². The smallest absolute Gasteiger partial charge is 0.251 e. The van der Waals surface area contributed by atoms with Gasteiger partial charge in [0.2, 0.25) is 0 Å². The van der Waals surface area contributed by atoms with E-state index in [0.29, 0.717) is 47.1 Å². The number of fused-ring (bicyclic) bond motifs is 3. The summed E-state index contributed by atoms with van der Waals surface area (Å²) in [6.07, 6.45) is 7.35. The van der Waals surface area contributed by atoms with Crippen LogP contribution in [-0.2, 0) is 4.79 Å². The number of pyridine rings is 3. The van der Waals surface area contributed by atoms with E-state index in [1.807, 2.05) is 18.2 Å². The number of nitrogens with one attached hydrogen (secondary N) is 2. The Bertz CT molecular complexity index is 1550. The van der Waals surface area contributed by atoms with Gasteiger partial charge in [-0.15, -0.1) is 0 Å². The molecule has 0 bridgehead atoms. The van der Waals surface area contributed by atoms with Crippen LogP contribution in [0.5, 0.6) is 0 Å². The van der Waals surface area contributed by atoms with Crippen LogP contribution in [-0.4, -0.2) is 38.2 Å². The predicted octanol–water partition coefficient (Wildman–Crippen LogP) is 5.08. The van der Waals surface area contributed by atoms with Crippen LogP contribution < -0.4 is 5.32 Å². The van der Waals surface area contributed by atoms with Crippen LogP contribution in [0.1, 0.15) is 30.1 Å². The van der Waals surface area contributed by atoms with Gasteiger partial charge < -0.3 is 15.1 Å². The van der Waals surface area contributed by atoms with E-state index in [1.165, 1.54) is 13.1 Å². The van der Waals surface area contributed by atoms with Gasteiger partial charge in [0.15, 0.2) is 0 Å². The van der Waals surface area contributed by atoms with Gasteiger partial charge in [0, 0.05) is 52.8 Å². The number of nitrogens with zero attached hydrogens (tertiary/aromatic N) is 3. The maximum atomic E-state index is 15.2. The number of hydrogen-bond acceptors (Lipinski definition) is 5. The van der Waals surface area contributed by atoms with Crippen LogP contribution >= 0.6 is 0 Å². The fourth-order valence-corrected chi connectivity index (χ4v) is 4.12. The summed E-state index contributed by atoms with van der Waals surface area (Å²) in [5, 5.41) is 4.25. The highest BCUT2D eigenvalue weighted by molar-refractivity contribution is 6.13. The molecule has 0 atom stereocenters. The van der Waals surface area contributed by atoms with E-state index in [0.717, 1.165) is 22.2 Å². The fourth-order valence-electron chi connectivity index (χ4n) is 4.12. The number of Topliss-reactive ketones (excluding diaryl/α,β-unsaturated/α-hetero) is 1. The molecule has 1 amide bonds. The molecule has 4 heterocycles. The second kappa shape index (κ2) is 9.42. The molecule has 4 aromatic heterocycles. The van der Waals surface area contributed by atoms with Crippen molar-refractivity contribution in [2.24, 2.45) is 0 Å². The van der Waals surface area contributed by atoms with E-state index in [1.54, 1.807) is 42.9 Å². The van der Waals surface area contributed by atoms with Crippen molar-refractivity contribution in [3.05, 3.63) is 78.6 Å². The molecule has 35 heavy (non-hydrogen) atoms. The minimum Gasteiger partial charge on any atom is -0.352 e. The molecule has 7 nitrogen and oxygen atoms in total. The monoisotopic (exact) mass is 467 g/mol. The molecule has 2 N–H and O–H groups in total. The van der Waals surface area contributed by atoms with Crippen molar-refractivity contribution in [2.45, 2.75) is 19.8 Å². The van der Waals surface area contributed by atoms with E-state index < -0.39 is 5.82 Å². The molecule has 8 heteroatoms. The number of ketones is 1. The van der Waals surface area contributed by atoms with Gasteiger partial charge in [-0.2, -0.15) is 0 Å². The summed E-state index contributed by atoms with van der Waals surface area (Å²) in [7, 11) is 0. The van der Waals surface area contributed by atoms with Crippen molar-refractivity contribution in [1.82, 2.24) is 25.3 Å². The molecule has 0 aliphatic rings. The first kappa shape index (κ1) is 22.3.